The van der Waals surface area contributed by atoms with Gasteiger partial charge in [0, 0.05) is 23.6 Å². The van der Waals surface area contributed by atoms with E-state index in [9.17, 15) is 14.4 Å². The van der Waals surface area contributed by atoms with E-state index in [0.717, 1.165) is 17.9 Å². The van der Waals surface area contributed by atoms with Crippen LogP contribution in [0.2, 0.25) is 0 Å². The topological polar surface area (TPSA) is 116 Å². The molecule has 1 aliphatic carbocycles. The number of nitrogens with one attached hydrogen (secondary N) is 3. The summed E-state index contributed by atoms with van der Waals surface area (Å²) in [7, 11) is 0. The molecular weight excluding hydrogens is 372 g/mol. The zero-order valence-corrected chi connectivity index (χ0v) is 16.0. The molecule has 1 saturated heterocycles. The third kappa shape index (κ3) is 3.75. The molecule has 1 aromatic carbocycles. The number of carbonyl (C=O) groups excluding carboxylic acids is 3. The summed E-state index contributed by atoms with van der Waals surface area (Å²) in [5.41, 5.74) is 2.45. The average molecular weight is 394 g/mol. The van der Waals surface area contributed by atoms with Crippen molar-refractivity contribution in [2.24, 2.45) is 5.92 Å². The molecule has 0 unspecified atom stereocenters. The Hall–Kier alpha value is -3.49. The summed E-state index contributed by atoms with van der Waals surface area (Å²) < 4.78 is 0. The number of hydrogen-bond acceptors (Lipinski definition) is 6. The molecule has 150 valence electrons. The van der Waals surface area contributed by atoms with Gasteiger partial charge in [0.1, 0.15) is 5.54 Å². The smallest absolute Gasteiger partial charge is 0.324 e. The van der Waals surface area contributed by atoms with E-state index in [1.165, 1.54) is 0 Å². The fraction of sp³-hybridized carbons (Fsp3) is 0.350. The van der Waals surface area contributed by atoms with Crippen LogP contribution in [-0.4, -0.2) is 38.4 Å². The van der Waals surface area contributed by atoms with Crippen molar-refractivity contribution in [3.63, 3.8) is 0 Å². The van der Waals surface area contributed by atoms with Crippen LogP contribution >= 0.6 is 0 Å². The molecule has 0 atom stereocenters. The number of hydrogen-bond donors (Lipinski definition) is 3. The van der Waals surface area contributed by atoms with Crippen LogP contribution in [0.1, 0.15) is 43.0 Å². The van der Waals surface area contributed by atoms with Crippen molar-refractivity contribution < 1.29 is 14.4 Å². The van der Waals surface area contributed by atoms with E-state index in [2.05, 4.69) is 33.0 Å². The standard InChI is InChI=1S/C20H22N6O3/c1-13-6-8-20(9-7-13)17(28)26(19(29)24-20)25-16(27)14-4-2-5-15(12-14)23-18-21-10-3-11-22-18/h2-5,10-13H,6-9H2,1H3,(H,24,29)(H,25,27)(H,21,22,23). The second-order valence-corrected chi connectivity index (χ2v) is 7.55. The molecule has 4 amide bonds. The summed E-state index contributed by atoms with van der Waals surface area (Å²) >= 11 is 0. The maximum atomic E-state index is 12.9. The van der Waals surface area contributed by atoms with Crippen LogP contribution in [0.15, 0.2) is 42.7 Å². The maximum Gasteiger partial charge on any atom is 0.344 e. The number of carbonyl (C=O) groups is 3. The molecule has 4 rings (SSSR count). The summed E-state index contributed by atoms with van der Waals surface area (Å²) in [6.07, 6.45) is 6.10. The van der Waals surface area contributed by atoms with Crippen LogP contribution in [0.5, 0.6) is 0 Å². The van der Waals surface area contributed by atoms with Gasteiger partial charge in [0.25, 0.3) is 11.8 Å². The average Bonchev–Trinajstić information content (AvgIpc) is 2.95. The zero-order valence-electron chi connectivity index (χ0n) is 16.0. The summed E-state index contributed by atoms with van der Waals surface area (Å²) in [4.78, 5) is 46.1. The first-order chi connectivity index (χ1) is 14.0. The number of nitrogens with zero attached hydrogens (tertiary/aromatic N) is 3. The fourth-order valence-electron chi connectivity index (χ4n) is 3.71. The minimum absolute atomic E-state index is 0.296. The zero-order chi connectivity index (χ0) is 20.4. The number of rotatable bonds is 4. The lowest BCUT2D eigenvalue weighted by molar-refractivity contribution is -0.134. The molecule has 1 aliphatic heterocycles. The van der Waals surface area contributed by atoms with Gasteiger partial charge in [-0.05, 0) is 55.9 Å². The van der Waals surface area contributed by atoms with E-state index in [0.29, 0.717) is 36.0 Å². The molecule has 9 nitrogen and oxygen atoms in total. The summed E-state index contributed by atoms with van der Waals surface area (Å²) in [5, 5.41) is 6.59. The number of urea groups is 1. The Labute approximate surface area is 167 Å². The summed E-state index contributed by atoms with van der Waals surface area (Å²) in [6.45, 7) is 2.13. The predicted octanol–water partition coefficient (Wildman–Crippen LogP) is 2.37. The van der Waals surface area contributed by atoms with Gasteiger partial charge < -0.3 is 10.6 Å². The minimum Gasteiger partial charge on any atom is -0.324 e. The second kappa shape index (κ2) is 7.50. The quantitative estimate of drug-likeness (QED) is 0.686. The van der Waals surface area contributed by atoms with Crippen molar-refractivity contribution in [2.75, 3.05) is 5.32 Å². The van der Waals surface area contributed by atoms with E-state index < -0.39 is 23.4 Å². The molecule has 3 N–H and O–H groups in total. The van der Waals surface area contributed by atoms with Gasteiger partial charge in [-0.2, -0.15) is 5.01 Å². The molecule has 1 aromatic heterocycles. The van der Waals surface area contributed by atoms with Crippen LogP contribution in [-0.2, 0) is 4.79 Å². The Morgan fingerprint density at radius 2 is 1.90 bits per heavy atom. The molecule has 2 fully saturated rings. The van der Waals surface area contributed by atoms with Gasteiger partial charge in [-0.15, -0.1) is 0 Å². The Balaban J connectivity index is 1.46. The van der Waals surface area contributed by atoms with Crippen molar-refractivity contribution in [1.29, 1.82) is 0 Å². The number of aromatic nitrogens is 2. The largest absolute Gasteiger partial charge is 0.344 e. The fourth-order valence-corrected chi connectivity index (χ4v) is 3.71. The lowest BCUT2D eigenvalue weighted by Gasteiger charge is -2.33. The molecule has 2 aromatic rings. The minimum atomic E-state index is -0.898. The van der Waals surface area contributed by atoms with E-state index in [4.69, 9.17) is 0 Å². The molecule has 0 bridgehead atoms. The molecule has 29 heavy (non-hydrogen) atoms. The van der Waals surface area contributed by atoms with Crippen molar-refractivity contribution in [2.45, 2.75) is 38.1 Å². The van der Waals surface area contributed by atoms with Gasteiger partial charge >= 0.3 is 6.03 Å². The lowest BCUT2D eigenvalue weighted by atomic mass is 9.77. The van der Waals surface area contributed by atoms with Gasteiger partial charge in [0.15, 0.2) is 0 Å². The Kier molecular flexibility index (Phi) is 4.87. The van der Waals surface area contributed by atoms with Gasteiger partial charge in [0.05, 0.1) is 0 Å². The number of hydrazine groups is 1. The van der Waals surface area contributed by atoms with Crippen molar-refractivity contribution in [3.8, 4) is 0 Å². The van der Waals surface area contributed by atoms with Crippen molar-refractivity contribution >= 4 is 29.5 Å². The van der Waals surface area contributed by atoms with Crippen molar-refractivity contribution in [1.82, 2.24) is 25.7 Å². The summed E-state index contributed by atoms with van der Waals surface area (Å²) in [6, 6.07) is 7.76. The first-order valence-electron chi connectivity index (χ1n) is 9.59. The lowest BCUT2D eigenvalue weighted by Crippen LogP contribution is -2.51. The van der Waals surface area contributed by atoms with Gasteiger partial charge in [-0.3, -0.25) is 15.0 Å². The number of imide groups is 1. The first kappa shape index (κ1) is 18.9. The van der Waals surface area contributed by atoms with E-state index >= 15 is 0 Å². The molecule has 1 saturated carbocycles. The predicted molar refractivity (Wildman–Crippen MR) is 105 cm³/mol. The van der Waals surface area contributed by atoms with Gasteiger partial charge in [0.2, 0.25) is 5.95 Å². The maximum absolute atomic E-state index is 12.9. The van der Waals surface area contributed by atoms with Crippen LogP contribution in [0, 0.1) is 5.92 Å². The van der Waals surface area contributed by atoms with E-state index in [1.807, 2.05) is 0 Å². The Bertz CT molecular complexity index is 940. The molecule has 1 spiro atoms. The van der Waals surface area contributed by atoms with Crippen molar-refractivity contribution in [3.05, 3.63) is 48.3 Å². The monoisotopic (exact) mass is 394 g/mol. The SMILES string of the molecule is CC1CCC2(CC1)NC(=O)N(NC(=O)c1cccc(Nc3ncccn3)c1)C2=O. The normalized spacial score (nSPS) is 23.8. The van der Waals surface area contributed by atoms with Gasteiger partial charge in [-0.1, -0.05) is 13.0 Å². The highest BCUT2D eigenvalue weighted by atomic mass is 16.2. The molecule has 9 heteroatoms. The number of anilines is 2. The Morgan fingerprint density at radius 3 is 2.62 bits per heavy atom. The second-order valence-electron chi connectivity index (χ2n) is 7.55. The molecule has 2 heterocycles. The van der Waals surface area contributed by atoms with Crippen LogP contribution in [0.3, 0.4) is 0 Å². The highest BCUT2D eigenvalue weighted by molar-refractivity contribution is 6.09. The summed E-state index contributed by atoms with van der Waals surface area (Å²) in [5.74, 6) is -0.0208. The van der Waals surface area contributed by atoms with Crippen LogP contribution in [0.25, 0.3) is 0 Å². The third-order valence-corrected chi connectivity index (χ3v) is 5.45. The Morgan fingerprint density at radius 1 is 1.17 bits per heavy atom. The number of amides is 4. The molecular formula is C20H22N6O3. The van der Waals surface area contributed by atoms with Gasteiger partial charge in [-0.25, -0.2) is 14.8 Å². The first-order valence-corrected chi connectivity index (χ1v) is 9.59. The highest BCUT2D eigenvalue weighted by Gasteiger charge is 2.52. The molecule has 2 aliphatic rings. The van der Waals surface area contributed by atoms with Crippen LogP contribution < -0.4 is 16.1 Å². The van der Waals surface area contributed by atoms with E-state index in [1.54, 1.807) is 42.7 Å². The third-order valence-electron chi connectivity index (χ3n) is 5.45. The molecule has 0 radical (unpaired) electrons. The highest BCUT2D eigenvalue weighted by Crippen LogP contribution is 2.35. The number of benzene rings is 1. The van der Waals surface area contributed by atoms with E-state index in [-0.39, 0.29) is 0 Å². The van der Waals surface area contributed by atoms with Crippen LogP contribution in [0.4, 0.5) is 16.4 Å².